The lowest BCUT2D eigenvalue weighted by Gasteiger charge is -2.30. The normalized spacial score (nSPS) is 14.9. The molecule has 0 N–H and O–H groups in total. The van der Waals surface area contributed by atoms with E-state index < -0.39 is 34.4 Å². The quantitative estimate of drug-likeness (QED) is 0.456. The second kappa shape index (κ2) is 10.6. The monoisotopic (exact) mass is 469 g/mol. The van der Waals surface area contributed by atoms with E-state index in [4.69, 9.17) is 10.00 Å². The van der Waals surface area contributed by atoms with Gasteiger partial charge in [-0.05, 0) is 62.1 Å². The zero-order chi connectivity index (χ0) is 24.0. The molecule has 1 saturated heterocycles. The Bertz CT molecular complexity index is 1150. The lowest BCUT2D eigenvalue weighted by Crippen LogP contribution is -2.41. The van der Waals surface area contributed by atoms with E-state index >= 15 is 0 Å². The second-order valence-electron chi connectivity index (χ2n) is 8.01. The highest BCUT2D eigenvalue weighted by molar-refractivity contribution is 7.89. The molecule has 0 radical (unpaired) electrons. The number of hydrogen-bond donors (Lipinski definition) is 0. The number of sulfonamides is 1. The van der Waals surface area contributed by atoms with Crippen LogP contribution >= 0.6 is 0 Å². The molecule has 1 heterocycles. The number of hydrogen-bond acceptors (Lipinski definition) is 6. The number of rotatable bonds is 7. The van der Waals surface area contributed by atoms with Gasteiger partial charge in [-0.2, -0.15) is 9.57 Å². The van der Waals surface area contributed by atoms with Crippen LogP contribution in [0.3, 0.4) is 0 Å². The van der Waals surface area contributed by atoms with Crippen molar-refractivity contribution >= 4 is 27.6 Å². The van der Waals surface area contributed by atoms with E-state index in [2.05, 4.69) is 0 Å². The summed E-state index contributed by atoms with van der Waals surface area (Å²) >= 11 is 0. The SMILES string of the molecule is Cc1ccc(S(=O)(=O)N2CCC(C(=O)OCC(=O)N(CC#N)c3ccccc3)CC2)cc1C. The van der Waals surface area contributed by atoms with Crippen molar-refractivity contribution in [2.24, 2.45) is 5.92 Å². The molecule has 1 aliphatic rings. The summed E-state index contributed by atoms with van der Waals surface area (Å²) in [6, 6.07) is 15.7. The summed E-state index contributed by atoms with van der Waals surface area (Å²) in [6.07, 6.45) is 0.634. The van der Waals surface area contributed by atoms with Gasteiger partial charge < -0.3 is 4.74 Å². The highest BCUT2D eigenvalue weighted by Gasteiger charge is 2.33. The molecule has 0 atom stereocenters. The third kappa shape index (κ3) is 5.78. The van der Waals surface area contributed by atoms with Crippen molar-refractivity contribution in [3.8, 4) is 6.07 Å². The molecule has 0 aromatic heterocycles. The van der Waals surface area contributed by atoms with E-state index in [1.54, 1.807) is 48.5 Å². The smallest absolute Gasteiger partial charge is 0.309 e. The van der Waals surface area contributed by atoms with Crippen molar-refractivity contribution in [2.45, 2.75) is 31.6 Å². The molecular weight excluding hydrogens is 442 g/mol. The number of aryl methyl sites for hydroxylation is 2. The molecule has 9 heteroatoms. The van der Waals surface area contributed by atoms with E-state index in [1.165, 1.54) is 9.21 Å². The van der Waals surface area contributed by atoms with Crippen molar-refractivity contribution in [3.05, 3.63) is 59.7 Å². The fraction of sp³-hybridized carbons (Fsp3) is 0.375. The van der Waals surface area contributed by atoms with Gasteiger partial charge in [0, 0.05) is 18.8 Å². The van der Waals surface area contributed by atoms with Crippen LogP contribution < -0.4 is 4.90 Å². The minimum atomic E-state index is -3.63. The second-order valence-corrected chi connectivity index (χ2v) is 9.94. The first-order chi connectivity index (χ1) is 15.7. The summed E-state index contributed by atoms with van der Waals surface area (Å²) in [5, 5.41) is 9.02. The summed E-state index contributed by atoms with van der Waals surface area (Å²) in [6.45, 7) is 3.56. The van der Waals surface area contributed by atoms with Gasteiger partial charge in [-0.25, -0.2) is 8.42 Å². The molecule has 0 saturated carbocycles. The third-order valence-electron chi connectivity index (χ3n) is 5.84. The number of esters is 1. The van der Waals surface area contributed by atoms with Gasteiger partial charge in [0.15, 0.2) is 6.61 Å². The molecule has 174 valence electrons. The number of carbonyl (C=O) groups excluding carboxylic acids is 2. The van der Waals surface area contributed by atoms with Gasteiger partial charge in [0.25, 0.3) is 5.91 Å². The van der Waals surface area contributed by atoms with Crippen LogP contribution in [0.5, 0.6) is 0 Å². The molecule has 2 aromatic carbocycles. The average Bonchev–Trinajstić information content (AvgIpc) is 2.83. The number of anilines is 1. The van der Waals surface area contributed by atoms with Crippen LogP contribution in [0, 0.1) is 31.1 Å². The topological polar surface area (TPSA) is 108 Å². The Balaban J connectivity index is 1.55. The molecular formula is C24H27N3O5S. The van der Waals surface area contributed by atoms with Crippen LogP contribution in [-0.4, -0.2) is 50.8 Å². The number of piperidine rings is 1. The van der Waals surface area contributed by atoms with E-state index in [1.807, 2.05) is 19.9 Å². The summed E-state index contributed by atoms with van der Waals surface area (Å²) in [5.74, 6) is -1.51. The lowest BCUT2D eigenvalue weighted by molar-refractivity contribution is -0.153. The number of amides is 1. The Labute approximate surface area is 194 Å². The predicted octanol–water partition coefficient (Wildman–Crippen LogP) is 2.80. The number of ether oxygens (including phenoxy) is 1. The molecule has 0 bridgehead atoms. The highest BCUT2D eigenvalue weighted by atomic mass is 32.2. The number of nitriles is 1. The van der Waals surface area contributed by atoms with E-state index in [0.717, 1.165) is 11.1 Å². The van der Waals surface area contributed by atoms with Crippen LogP contribution in [-0.2, 0) is 24.3 Å². The van der Waals surface area contributed by atoms with Gasteiger partial charge in [-0.15, -0.1) is 0 Å². The molecule has 0 spiro atoms. The molecule has 0 aliphatic carbocycles. The average molecular weight is 470 g/mol. The summed E-state index contributed by atoms with van der Waals surface area (Å²) in [7, 11) is -3.63. The maximum absolute atomic E-state index is 12.9. The number of para-hydroxylation sites is 1. The number of carbonyl (C=O) groups is 2. The van der Waals surface area contributed by atoms with E-state index in [9.17, 15) is 18.0 Å². The fourth-order valence-electron chi connectivity index (χ4n) is 3.69. The largest absolute Gasteiger partial charge is 0.455 e. The Morgan fingerprint density at radius 3 is 2.36 bits per heavy atom. The zero-order valence-electron chi connectivity index (χ0n) is 18.7. The van der Waals surface area contributed by atoms with Gasteiger partial charge in [0.05, 0.1) is 16.9 Å². The third-order valence-corrected chi connectivity index (χ3v) is 7.73. The molecule has 33 heavy (non-hydrogen) atoms. The first-order valence-electron chi connectivity index (χ1n) is 10.7. The molecule has 1 fully saturated rings. The van der Waals surface area contributed by atoms with Crippen molar-refractivity contribution < 1.29 is 22.7 Å². The number of nitrogens with zero attached hydrogens (tertiary/aromatic N) is 3. The van der Waals surface area contributed by atoms with Gasteiger partial charge >= 0.3 is 5.97 Å². The van der Waals surface area contributed by atoms with Crippen LogP contribution in [0.15, 0.2) is 53.4 Å². The van der Waals surface area contributed by atoms with Crippen molar-refractivity contribution in [1.29, 1.82) is 5.26 Å². The van der Waals surface area contributed by atoms with Crippen LogP contribution in [0.4, 0.5) is 5.69 Å². The Morgan fingerprint density at radius 1 is 1.09 bits per heavy atom. The first kappa shape index (κ1) is 24.4. The molecule has 8 nitrogen and oxygen atoms in total. The molecule has 0 unspecified atom stereocenters. The summed E-state index contributed by atoms with van der Waals surface area (Å²) in [4.78, 5) is 26.5. The highest BCUT2D eigenvalue weighted by Crippen LogP contribution is 2.26. The Morgan fingerprint density at radius 2 is 1.76 bits per heavy atom. The fourth-order valence-corrected chi connectivity index (χ4v) is 5.24. The molecule has 1 aliphatic heterocycles. The van der Waals surface area contributed by atoms with Crippen LogP contribution in [0.1, 0.15) is 24.0 Å². The predicted molar refractivity (Wildman–Crippen MR) is 123 cm³/mol. The first-order valence-corrected chi connectivity index (χ1v) is 12.1. The van der Waals surface area contributed by atoms with Crippen molar-refractivity contribution in [1.82, 2.24) is 4.31 Å². The van der Waals surface area contributed by atoms with Gasteiger partial charge in [0.1, 0.15) is 6.54 Å². The molecule has 3 rings (SSSR count). The molecule has 2 aromatic rings. The van der Waals surface area contributed by atoms with Crippen molar-refractivity contribution in [3.63, 3.8) is 0 Å². The van der Waals surface area contributed by atoms with Crippen molar-refractivity contribution in [2.75, 3.05) is 31.1 Å². The maximum Gasteiger partial charge on any atom is 0.309 e. The minimum absolute atomic E-state index is 0.158. The van der Waals surface area contributed by atoms with Gasteiger partial charge in [-0.1, -0.05) is 24.3 Å². The minimum Gasteiger partial charge on any atom is -0.455 e. The van der Waals surface area contributed by atoms with Crippen LogP contribution in [0.25, 0.3) is 0 Å². The molecule has 1 amide bonds. The Hall–Kier alpha value is -3.22. The maximum atomic E-state index is 12.9. The van der Waals surface area contributed by atoms with Crippen LogP contribution in [0.2, 0.25) is 0 Å². The lowest BCUT2D eigenvalue weighted by atomic mass is 9.98. The van der Waals surface area contributed by atoms with E-state index in [-0.39, 0.29) is 24.5 Å². The number of benzene rings is 2. The van der Waals surface area contributed by atoms with Gasteiger partial charge in [-0.3, -0.25) is 14.5 Å². The summed E-state index contributed by atoms with van der Waals surface area (Å²) in [5.41, 5.74) is 2.47. The standard InChI is InChI=1S/C24H27N3O5S/c1-18-8-9-22(16-19(18)2)33(30,31)26-13-10-20(11-14-26)24(29)32-17-23(28)27(15-12-25)21-6-4-3-5-7-21/h3-9,16,20H,10-11,13-15,17H2,1-2H3. The summed E-state index contributed by atoms with van der Waals surface area (Å²) < 4.78 is 32.5. The zero-order valence-corrected chi connectivity index (χ0v) is 19.5. The Kier molecular flexibility index (Phi) is 7.84. The van der Waals surface area contributed by atoms with Gasteiger partial charge in [0.2, 0.25) is 10.0 Å². The van der Waals surface area contributed by atoms with E-state index in [0.29, 0.717) is 18.5 Å².